The van der Waals surface area contributed by atoms with Gasteiger partial charge in [-0.3, -0.25) is 4.79 Å². The second kappa shape index (κ2) is 8.93. The summed E-state index contributed by atoms with van der Waals surface area (Å²) < 4.78 is 55.0. The van der Waals surface area contributed by atoms with E-state index in [1.165, 1.54) is 12.1 Å². The molecule has 0 aliphatic heterocycles. The first kappa shape index (κ1) is 20.6. The van der Waals surface area contributed by atoms with Crippen molar-refractivity contribution in [3.63, 3.8) is 0 Å². The number of sulfonamides is 1. The molecule has 0 radical (unpaired) electrons. The van der Waals surface area contributed by atoms with E-state index in [-0.39, 0.29) is 17.0 Å². The number of rotatable bonds is 7. The van der Waals surface area contributed by atoms with Crippen LogP contribution in [-0.2, 0) is 21.2 Å². The van der Waals surface area contributed by atoms with E-state index in [0.717, 1.165) is 18.2 Å². The lowest BCUT2D eigenvalue weighted by atomic mass is 10.1. The van der Waals surface area contributed by atoms with Crippen LogP contribution in [0.4, 0.5) is 14.5 Å². The third-order valence-electron chi connectivity index (χ3n) is 4.14. The van der Waals surface area contributed by atoms with Crippen molar-refractivity contribution in [2.45, 2.75) is 17.4 Å². The van der Waals surface area contributed by atoms with E-state index in [4.69, 9.17) is 0 Å². The highest BCUT2D eigenvalue weighted by Crippen LogP contribution is 2.17. The van der Waals surface area contributed by atoms with Gasteiger partial charge >= 0.3 is 0 Å². The Kier molecular flexibility index (Phi) is 6.36. The zero-order valence-electron chi connectivity index (χ0n) is 15.2. The fourth-order valence-corrected chi connectivity index (χ4v) is 3.92. The summed E-state index contributed by atoms with van der Waals surface area (Å²) in [5.74, 6) is -2.37. The lowest BCUT2D eigenvalue weighted by Crippen LogP contribution is -2.45. The predicted octanol–water partition coefficient (Wildman–Crippen LogP) is 3.49. The summed E-state index contributed by atoms with van der Waals surface area (Å²) in [6, 6.07) is 17.7. The highest BCUT2D eigenvalue weighted by atomic mass is 32.2. The molecule has 29 heavy (non-hydrogen) atoms. The van der Waals surface area contributed by atoms with Gasteiger partial charge in [-0.25, -0.2) is 17.2 Å². The van der Waals surface area contributed by atoms with Gasteiger partial charge in [-0.05, 0) is 36.2 Å². The Balaban J connectivity index is 1.88. The molecule has 3 aromatic carbocycles. The molecule has 1 amide bonds. The third-order valence-corrected chi connectivity index (χ3v) is 5.62. The first-order valence-corrected chi connectivity index (χ1v) is 10.2. The minimum atomic E-state index is -4.01. The topological polar surface area (TPSA) is 75.3 Å². The van der Waals surface area contributed by atoms with Crippen molar-refractivity contribution >= 4 is 21.6 Å². The molecule has 0 spiro atoms. The number of hydrogen-bond acceptors (Lipinski definition) is 3. The molecule has 0 saturated heterocycles. The molecular formula is C21H18F2N2O3S. The number of amides is 1. The Hall–Kier alpha value is -3.10. The van der Waals surface area contributed by atoms with Crippen LogP contribution in [0.1, 0.15) is 5.56 Å². The minimum Gasteiger partial charge on any atom is -0.322 e. The van der Waals surface area contributed by atoms with Gasteiger partial charge in [0.1, 0.15) is 17.7 Å². The molecule has 0 unspecified atom stereocenters. The zero-order chi connectivity index (χ0) is 20.9. The Morgan fingerprint density at radius 3 is 2.17 bits per heavy atom. The van der Waals surface area contributed by atoms with Crippen molar-refractivity contribution in [1.29, 1.82) is 0 Å². The Labute approximate surface area is 167 Å². The van der Waals surface area contributed by atoms with E-state index in [0.29, 0.717) is 5.56 Å². The monoisotopic (exact) mass is 416 g/mol. The van der Waals surface area contributed by atoms with Crippen molar-refractivity contribution in [3.05, 3.63) is 96.1 Å². The van der Waals surface area contributed by atoms with E-state index in [2.05, 4.69) is 10.0 Å². The predicted molar refractivity (Wildman–Crippen MR) is 106 cm³/mol. The molecule has 0 aliphatic carbocycles. The molecule has 5 nitrogen and oxygen atoms in total. The third kappa shape index (κ3) is 5.46. The Morgan fingerprint density at radius 1 is 0.897 bits per heavy atom. The second-order valence-electron chi connectivity index (χ2n) is 6.29. The minimum absolute atomic E-state index is 0.0113. The molecule has 0 fully saturated rings. The van der Waals surface area contributed by atoms with Crippen LogP contribution in [0.15, 0.2) is 83.8 Å². The second-order valence-corrected chi connectivity index (χ2v) is 8.00. The maximum absolute atomic E-state index is 13.9. The molecule has 0 bridgehead atoms. The number of nitrogens with one attached hydrogen (secondary N) is 2. The van der Waals surface area contributed by atoms with E-state index in [1.54, 1.807) is 48.5 Å². The van der Waals surface area contributed by atoms with Crippen molar-refractivity contribution < 1.29 is 22.0 Å². The van der Waals surface area contributed by atoms with E-state index >= 15 is 0 Å². The summed E-state index contributed by atoms with van der Waals surface area (Å²) in [4.78, 5) is 12.8. The molecule has 2 N–H and O–H groups in total. The SMILES string of the molecule is O=C(Nc1cc(F)ccc1F)[C@H](Cc1ccccc1)NS(=O)(=O)c1ccccc1. The zero-order valence-corrected chi connectivity index (χ0v) is 16.0. The Morgan fingerprint density at radius 2 is 1.52 bits per heavy atom. The number of benzene rings is 3. The molecule has 0 aliphatic rings. The fourth-order valence-electron chi connectivity index (χ4n) is 2.71. The molecule has 8 heteroatoms. The van der Waals surface area contributed by atoms with Crippen LogP contribution >= 0.6 is 0 Å². The van der Waals surface area contributed by atoms with Crippen molar-refractivity contribution in [2.24, 2.45) is 0 Å². The number of carbonyl (C=O) groups is 1. The standard InChI is InChI=1S/C21H18F2N2O3S/c22-16-11-12-18(23)19(14-16)24-21(26)20(13-15-7-3-1-4-8-15)25-29(27,28)17-9-5-2-6-10-17/h1-12,14,20,25H,13H2,(H,24,26)/t20-/m0/s1. The normalized spacial score (nSPS) is 12.3. The summed E-state index contributed by atoms with van der Waals surface area (Å²) in [6.07, 6.45) is 0.0235. The maximum atomic E-state index is 13.9. The van der Waals surface area contributed by atoms with Gasteiger partial charge in [-0.1, -0.05) is 48.5 Å². The smallest absolute Gasteiger partial charge is 0.242 e. The van der Waals surface area contributed by atoms with Crippen molar-refractivity contribution in [3.8, 4) is 0 Å². The molecule has 0 saturated carbocycles. The first-order chi connectivity index (χ1) is 13.8. The average molecular weight is 416 g/mol. The van der Waals surface area contributed by atoms with Gasteiger partial charge < -0.3 is 5.32 Å². The Bertz CT molecular complexity index is 1090. The highest BCUT2D eigenvalue weighted by Gasteiger charge is 2.26. The summed E-state index contributed by atoms with van der Waals surface area (Å²) in [7, 11) is -4.01. The molecule has 0 heterocycles. The van der Waals surface area contributed by atoms with E-state index < -0.39 is 33.6 Å². The summed E-state index contributed by atoms with van der Waals surface area (Å²) in [5, 5.41) is 2.26. The van der Waals surface area contributed by atoms with Gasteiger partial charge in [0.25, 0.3) is 0 Å². The van der Waals surface area contributed by atoms with Crippen LogP contribution in [-0.4, -0.2) is 20.4 Å². The summed E-state index contributed by atoms with van der Waals surface area (Å²) in [6.45, 7) is 0. The van der Waals surface area contributed by atoms with Crippen molar-refractivity contribution in [2.75, 3.05) is 5.32 Å². The van der Waals surface area contributed by atoms with Gasteiger partial charge in [0.05, 0.1) is 10.6 Å². The van der Waals surface area contributed by atoms with E-state index in [1.807, 2.05) is 0 Å². The van der Waals surface area contributed by atoms with Crippen LogP contribution in [0.3, 0.4) is 0 Å². The average Bonchev–Trinajstić information content (AvgIpc) is 2.71. The molecule has 1 atom stereocenters. The van der Waals surface area contributed by atoms with Gasteiger partial charge in [0, 0.05) is 6.07 Å². The van der Waals surface area contributed by atoms with Gasteiger partial charge in [0.15, 0.2) is 0 Å². The molecule has 150 valence electrons. The largest absolute Gasteiger partial charge is 0.322 e. The highest BCUT2D eigenvalue weighted by molar-refractivity contribution is 7.89. The molecular weight excluding hydrogens is 398 g/mol. The lowest BCUT2D eigenvalue weighted by molar-refractivity contribution is -0.117. The number of hydrogen-bond donors (Lipinski definition) is 2. The molecule has 0 aromatic heterocycles. The first-order valence-electron chi connectivity index (χ1n) is 8.72. The van der Waals surface area contributed by atoms with Crippen molar-refractivity contribution in [1.82, 2.24) is 4.72 Å². The number of halogens is 2. The fraction of sp³-hybridized carbons (Fsp3) is 0.0952. The molecule has 3 aromatic rings. The van der Waals surface area contributed by atoms with Gasteiger partial charge in [-0.15, -0.1) is 0 Å². The summed E-state index contributed by atoms with van der Waals surface area (Å²) in [5.41, 5.74) is 0.329. The number of anilines is 1. The summed E-state index contributed by atoms with van der Waals surface area (Å²) >= 11 is 0. The van der Waals surface area contributed by atoms with Crippen LogP contribution in [0, 0.1) is 11.6 Å². The van der Waals surface area contributed by atoms with Crippen LogP contribution in [0.5, 0.6) is 0 Å². The number of carbonyl (C=O) groups excluding carboxylic acids is 1. The van der Waals surface area contributed by atoms with Crippen LogP contribution < -0.4 is 10.0 Å². The van der Waals surface area contributed by atoms with Gasteiger partial charge in [0.2, 0.25) is 15.9 Å². The maximum Gasteiger partial charge on any atom is 0.242 e. The quantitative estimate of drug-likeness (QED) is 0.619. The lowest BCUT2D eigenvalue weighted by Gasteiger charge is -2.19. The molecule has 3 rings (SSSR count). The van der Waals surface area contributed by atoms with Gasteiger partial charge in [-0.2, -0.15) is 4.72 Å². The van der Waals surface area contributed by atoms with E-state index in [9.17, 15) is 22.0 Å². The van der Waals surface area contributed by atoms with Crippen LogP contribution in [0.25, 0.3) is 0 Å². The van der Waals surface area contributed by atoms with Crippen LogP contribution in [0.2, 0.25) is 0 Å².